The van der Waals surface area contributed by atoms with E-state index in [0.29, 0.717) is 11.8 Å². The second-order valence-electron chi connectivity index (χ2n) is 8.73. The zero-order valence-corrected chi connectivity index (χ0v) is 17.8. The molecule has 0 spiro atoms. The molecule has 0 heterocycles. The van der Waals surface area contributed by atoms with Crippen molar-refractivity contribution < 1.29 is 9.53 Å². The number of hydrogen-bond donors (Lipinski definition) is 2. The minimum Gasteiger partial charge on any atom is -0.364 e. The van der Waals surface area contributed by atoms with E-state index in [1.165, 1.54) is 37.7 Å². The predicted octanol–water partition coefficient (Wildman–Crippen LogP) is 5.15. The number of hydrogen-bond acceptors (Lipinski definition) is 3. The molecule has 4 heteroatoms. The number of ether oxygens (including phenoxy) is 1. The molecule has 0 aromatic heterocycles. The Labute approximate surface area is 165 Å². The zero-order chi connectivity index (χ0) is 20.0. The fourth-order valence-electron chi connectivity index (χ4n) is 3.97. The number of anilines is 1. The van der Waals surface area contributed by atoms with Gasteiger partial charge in [-0.2, -0.15) is 0 Å². The number of nitrogens with one attached hydrogen (secondary N) is 1. The number of aryl methyl sites for hydroxylation is 1. The number of benzene rings is 1. The summed E-state index contributed by atoms with van der Waals surface area (Å²) < 4.78 is 5.95. The van der Waals surface area contributed by atoms with Crippen LogP contribution in [-0.4, -0.2) is 24.2 Å². The fourth-order valence-corrected chi connectivity index (χ4v) is 3.97. The van der Waals surface area contributed by atoms with Crippen LogP contribution in [0.2, 0.25) is 0 Å². The molecule has 0 bridgehead atoms. The van der Waals surface area contributed by atoms with Crippen LogP contribution in [0.15, 0.2) is 18.2 Å². The average Bonchev–Trinajstić information content (AvgIpc) is 2.61. The third kappa shape index (κ3) is 6.62. The van der Waals surface area contributed by atoms with Crippen molar-refractivity contribution in [1.82, 2.24) is 0 Å². The summed E-state index contributed by atoms with van der Waals surface area (Å²) in [6.07, 6.45) is 6.53. The maximum absolute atomic E-state index is 13.0. The smallest absolute Gasteiger partial charge is 0.255 e. The zero-order valence-electron chi connectivity index (χ0n) is 17.8. The molecule has 1 aliphatic rings. The first-order valence-corrected chi connectivity index (χ1v) is 10.6. The number of rotatable bonds is 8. The molecule has 0 saturated heterocycles. The summed E-state index contributed by atoms with van der Waals surface area (Å²) in [5, 5.41) is 3.06. The summed E-state index contributed by atoms with van der Waals surface area (Å²) in [6.45, 7) is 10.3. The van der Waals surface area contributed by atoms with Crippen LogP contribution < -0.4 is 11.1 Å². The van der Waals surface area contributed by atoms with Crippen molar-refractivity contribution in [2.75, 3.05) is 5.32 Å². The maximum Gasteiger partial charge on any atom is 0.255 e. The summed E-state index contributed by atoms with van der Waals surface area (Å²) in [7, 11) is 0. The lowest BCUT2D eigenvalue weighted by Gasteiger charge is -2.30. The minimum absolute atomic E-state index is 0.0393. The molecule has 2 atom stereocenters. The van der Waals surface area contributed by atoms with Gasteiger partial charge in [-0.25, -0.2) is 0 Å². The Hall–Kier alpha value is -1.39. The maximum atomic E-state index is 13.0. The Bertz CT molecular complexity index is 606. The van der Waals surface area contributed by atoms with Gasteiger partial charge in [0.2, 0.25) is 0 Å². The van der Waals surface area contributed by atoms with Crippen LogP contribution in [0.1, 0.15) is 83.3 Å². The van der Waals surface area contributed by atoms with Gasteiger partial charge in [-0.1, -0.05) is 58.1 Å². The van der Waals surface area contributed by atoms with Gasteiger partial charge < -0.3 is 15.8 Å². The monoisotopic (exact) mass is 374 g/mol. The van der Waals surface area contributed by atoms with Gasteiger partial charge in [-0.15, -0.1) is 0 Å². The van der Waals surface area contributed by atoms with E-state index in [1.807, 2.05) is 26.8 Å². The van der Waals surface area contributed by atoms with Crippen LogP contribution in [0.3, 0.4) is 0 Å². The van der Waals surface area contributed by atoms with Crippen LogP contribution in [0.5, 0.6) is 0 Å². The molecule has 152 valence electrons. The minimum atomic E-state index is -0.615. The standard InChI is InChI=1S/C23H38N2O2/c1-15(2)19-11-12-21(17(5)13-19)25-23(26)22(27-16(3)4)20(24)14-18-9-7-6-8-10-18/h11-13,15-16,18,20,22H,6-10,14,24H2,1-5H3,(H,25,26)/t20-,22?/m1/s1. The van der Waals surface area contributed by atoms with E-state index < -0.39 is 6.10 Å². The molecule has 1 aromatic rings. The van der Waals surface area contributed by atoms with Gasteiger partial charge in [0.05, 0.1) is 6.10 Å². The number of carbonyl (C=O) groups is 1. The van der Waals surface area contributed by atoms with E-state index >= 15 is 0 Å². The van der Waals surface area contributed by atoms with Crippen molar-refractivity contribution in [3.05, 3.63) is 29.3 Å². The van der Waals surface area contributed by atoms with E-state index in [-0.39, 0.29) is 18.1 Å². The molecule has 27 heavy (non-hydrogen) atoms. The van der Waals surface area contributed by atoms with Crippen LogP contribution >= 0.6 is 0 Å². The highest BCUT2D eigenvalue weighted by Crippen LogP contribution is 2.28. The summed E-state index contributed by atoms with van der Waals surface area (Å²) in [6, 6.07) is 5.93. The molecule has 0 radical (unpaired) electrons. The van der Waals surface area contributed by atoms with E-state index in [2.05, 4.69) is 31.3 Å². The molecule has 1 unspecified atom stereocenters. The summed E-state index contributed by atoms with van der Waals surface area (Å²) in [5.41, 5.74) is 9.65. The number of nitrogens with two attached hydrogens (primary N) is 1. The van der Waals surface area contributed by atoms with Gasteiger partial charge in [0, 0.05) is 11.7 Å². The summed E-state index contributed by atoms with van der Waals surface area (Å²) >= 11 is 0. The lowest BCUT2D eigenvalue weighted by Crippen LogP contribution is -2.47. The highest BCUT2D eigenvalue weighted by Gasteiger charge is 2.30. The first kappa shape index (κ1) is 21.9. The Morgan fingerprint density at radius 1 is 1.19 bits per heavy atom. The summed E-state index contributed by atoms with van der Waals surface area (Å²) in [4.78, 5) is 13.0. The molecule has 1 fully saturated rings. The second kappa shape index (κ2) is 10.2. The lowest BCUT2D eigenvalue weighted by molar-refractivity contribution is -0.132. The van der Waals surface area contributed by atoms with Crippen LogP contribution in [0, 0.1) is 12.8 Å². The third-order valence-electron chi connectivity index (χ3n) is 5.57. The van der Waals surface area contributed by atoms with Gasteiger partial charge in [0.1, 0.15) is 0 Å². The second-order valence-corrected chi connectivity index (χ2v) is 8.73. The molecule has 1 amide bonds. The molecule has 3 N–H and O–H groups in total. The van der Waals surface area contributed by atoms with E-state index in [9.17, 15) is 4.79 Å². The number of carbonyl (C=O) groups excluding carboxylic acids is 1. The first-order valence-electron chi connectivity index (χ1n) is 10.6. The van der Waals surface area contributed by atoms with E-state index in [4.69, 9.17) is 10.5 Å². The average molecular weight is 375 g/mol. The van der Waals surface area contributed by atoms with Gasteiger partial charge in [-0.3, -0.25) is 4.79 Å². The van der Waals surface area contributed by atoms with Gasteiger partial charge in [0.15, 0.2) is 6.10 Å². The van der Waals surface area contributed by atoms with Gasteiger partial charge >= 0.3 is 0 Å². The van der Waals surface area contributed by atoms with Crippen molar-refractivity contribution in [3.63, 3.8) is 0 Å². The van der Waals surface area contributed by atoms with Crippen molar-refractivity contribution in [3.8, 4) is 0 Å². The first-order chi connectivity index (χ1) is 12.8. The third-order valence-corrected chi connectivity index (χ3v) is 5.57. The van der Waals surface area contributed by atoms with Crippen molar-refractivity contribution in [2.45, 2.75) is 97.3 Å². The number of amides is 1. The molecular weight excluding hydrogens is 336 g/mol. The highest BCUT2D eigenvalue weighted by molar-refractivity contribution is 5.95. The molecule has 2 rings (SSSR count). The Morgan fingerprint density at radius 2 is 1.85 bits per heavy atom. The molecule has 1 saturated carbocycles. The SMILES string of the molecule is Cc1cc(C(C)C)ccc1NC(=O)C(OC(C)C)[C@H](N)CC1CCCCC1. The van der Waals surface area contributed by atoms with Crippen LogP contribution in [0.4, 0.5) is 5.69 Å². The molecule has 4 nitrogen and oxygen atoms in total. The molecular formula is C23H38N2O2. The topological polar surface area (TPSA) is 64.3 Å². The van der Waals surface area contributed by atoms with Crippen LogP contribution in [0.25, 0.3) is 0 Å². The van der Waals surface area contributed by atoms with Crippen LogP contribution in [-0.2, 0) is 9.53 Å². The normalized spacial score (nSPS) is 17.9. The van der Waals surface area contributed by atoms with Crippen molar-refractivity contribution in [2.24, 2.45) is 11.7 Å². The molecule has 1 aromatic carbocycles. The largest absolute Gasteiger partial charge is 0.364 e. The van der Waals surface area contributed by atoms with Crippen molar-refractivity contribution in [1.29, 1.82) is 0 Å². The van der Waals surface area contributed by atoms with Gasteiger partial charge in [0.25, 0.3) is 5.91 Å². The van der Waals surface area contributed by atoms with Crippen molar-refractivity contribution >= 4 is 11.6 Å². The molecule has 1 aliphatic carbocycles. The lowest BCUT2D eigenvalue weighted by atomic mass is 9.84. The Kier molecular flexibility index (Phi) is 8.30. The summed E-state index contributed by atoms with van der Waals surface area (Å²) in [5.74, 6) is 0.952. The highest BCUT2D eigenvalue weighted by atomic mass is 16.5. The van der Waals surface area contributed by atoms with E-state index in [1.54, 1.807) is 0 Å². The van der Waals surface area contributed by atoms with E-state index in [0.717, 1.165) is 17.7 Å². The Morgan fingerprint density at radius 3 is 2.41 bits per heavy atom. The molecule has 0 aliphatic heterocycles. The Balaban J connectivity index is 2.07. The van der Waals surface area contributed by atoms with Gasteiger partial charge in [-0.05, 0) is 56.2 Å². The fraction of sp³-hybridized carbons (Fsp3) is 0.696. The predicted molar refractivity (Wildman–Crippen MR) is 113 cm³/mol. The quantitative estimate of drug-likeness (QED) is 0.661.